The molecule has 0 fully saturated rings. The summed E-state index contributed by atoms with van der Waals surface area (Å²) in [7, 11) is 0. The Hall–Kier alpha value is -1.75. The third-order valence-electron chi connectivity index (χ3n) is 2.71. The van der Waals surface area contributed by atoms with Crippen LogP contribution in [0.4, 0.5) is 4.39 Å². The van der Waals surface area contributed by atoms with E-state index in [2.05, 4.69) is 29.5 Å². The summed E-state index contributed by atoms with van der Waals surface area (Å²) in [5, 5.41) is 11.2. The van der Waals surface area contributed by atoms with Crippen molar-refractivity contribution in [2.75, 3.05) is 0 Å². The number of nitrogens with one attached hydrogen (secondary N) is 1. The Kier molecular flexibility index (Phi) is 3.72. The highest BCUT2D eigenvalue weighted by molar-refractivity contribution is 5.40. The number of hydrogen-bond donors (Lipinski definition) is 1. The van der Waals surface area contributed by atoms with Crippen molar-refractivity contribution in [2.24, 2.45) is 0 Å². The van der Waals surface area contributed by atoms with Crippen LogP contribution in [0, 0.1) is 12.7 Å². The zero-order valence-electron chi connectivity index (χ0n) is 10.8. The van der Waals surface area contributed by atoms with Crippen molar-refractivity contribution in [3.05, 3.63) is 41.5 Å². The lowest BCUT2D eigenvalue weighted by molar-refractivity contribution is 0.568. The highest BCUT2D eigenvalue weighted by Gasteiger charge is 2.09. The van der Waals surface area contributed by atoms with Crippen LogP contribution in [0.15, 0.2) is 24.4 Å². The Bertz CT molecular complexity index is 534. The summed E-state index contributed by atoms with van der Waals surface area (Å²) in [6.45, 7) is 6.72. The summed E-state index contributed by atoms with van der Waals surface area (Å²) in [4.78, 5) is 0. The van der Waals surface area contributed by atoms with E-state index in [1.807, 2.05) is 6.92 Å². The van der Waals surface area contributed by atoms with Gasteiger partial charge in [0.2, 0.25) is 0 Å². The van der Waals surface area contributed by atoms with Crippen LogP contribution in [0.5, 0.6) is 0 Å². The Balaban J connectivity index is 2.33. The molecule has 5 heteroatoms. The first-order valence-electron chi connectivity index (χ1n) is 5.97. The lowest BCUT2D eigenvalue weighted by Gasteiger charge is -2.11. The molecule has 2 aromatic rings. The van der Waals surface area contributed by atoms with E-state index in [-0.39, 0.29) is 5.82 Å². The van der Waals surface area contributed by atoms with Crippen LogP contribution in [0.25, 0.3) is 5.69 Å². The second-order valence-corrected chi connectivity index (χ2v) is 4.60. The molecule has 0 saturated carbocycles. The van der Waals surface area contributed by atoms with Gasteiger partial charge in [0.25, 0.3) is 0 Å². The minimum Gasteiger partial charge on any atom is -0.309 e. The number of benzene rings is 1. The Labute approximate surface area is 106 Å². The summed E-state index contributed by atoms with van der Waals surface area (Å²) in [6, 6.07) is 5.04. The largest absolute Gasteiger partial charge is 0.309 e. The third kappa shape index (κ3) is 2.73. The molecule has 4 nitrogen and oxygen atoms in total. The first kappa shape index (κ1) is 12.7. The number of rotatable bonds is 4. The third-order valence-corrected chi connectivity index (χ3v) is 2.71. The molecule has 1 aromatic heterocycles. The van der Waals surface area contributed by atoms with Gasteiger partial charge in [-0.05, 0) is 24.6 Å². The predicted molar refractivity (Wildman–Crippen MR) is 68.0 cm³/mol. The summed E-state index contributed by atoms with van der Waals surface area (Å²) in [6.07, 6.45) is 1.69. The van der Waals surface area contributed by atoms with Crippen molar-refractivity contribution in [2.45, 2.75) is 33.4 Å². The van der Waals surface area contributed by atoms with E-state index < -0.39 is 0 Å². The van der Waals surface area contributed by atoms with Gasteiger partial charge in [0.15, 0.2) is 0 Å². The minimum absolute atomic E-state index is 0.270. The summed E-state index contributed by atoms with van der Waals surface area (Å²) in [5.74, 6) is -0.270. The molecule has 0 saturated heterocycles. The molecule has 0 aliphatic rings. The van der Waals surface area contributed by atoms with Gasteiger partial charge in [0.1, 0.15) is 5.82 Å². The minimum atomic E-state index is -0.270. The van der Waals surface area contributed by atoms with Gasteiger partial charge in [-0.1, -0.05) is 25.1 Å². The van der Waals surface area contributed by atoms with E-state index in [1.54, 1.807) is 16.9 Å². The van der Waals surface area contributed by atoms with Crippen LogP contribution >= 0.6 is 0 Å². The van der Waals surface area contributed by atoms with Crippen molar-refractivity contribution in [1.29, 1.82) is 0 Å². The first-order chi connectivity index (χ1) is 8.58. The van der Waals surface area contributed by atoms with Gasteiger partial charge in [0.05, 0.1) is 17.6 Å². The highest BCUT2D eigenvalue weighted by atomic mass is 19.1. The highest BCUT2D eigenvalue weighted by Crippen LogP contribution is 2.16. The molecule has 2 rings (SSSR count). The van der Waals surface area contributed by atoms with E-state index in [4.69, 9.17) is 0 Å². The summed E-state index contributed by atoms with van der Waals surface area (Å²) >= 11 is 0. The first-order valence-corrected chi connectivity index (χ1v) is 5.97. The van der Waals surface area contributed by atoms with Gasteiger partial charge in [-0.2, -0.15) is 0 Å². The zero-order chi connectivity index (χ0) is 13.1. The van der Waals surface area contributed by atoms with Gasteiger partial charge < -0.3 is 5.32 Å². The molecule has 1 N–H and O–H groups in total. The molecule has 0 unspecified atom stereocenters. The average Bonchev–Trinajstić information content (AvgIpc) is 2.77. The van der Waals surface area contributed by atoms with E-state index >= 15 is 0 Å². The number of nitrogens with zero attached hydrogens (tertiary/aromatic N) is 3. The summed E-state index contributed by atoms with van der Waals surface area (Å²) < 4.78 is 15.0. The van der Waals surface area contributed by atoms with E-state index in [9.17, 15) is 4.39 Å². The van der Waals surface area contributed by atoms with Crippen LogP contribution in [-0.4, -0.2) is 21.0 Å². The molecule has 0 aliphatic heterocycles. The van der Waals surface area contributed by atoms with Crippen molar-refractivity contribution in [3.8, 4) is 5.69 Å². The SMILES string of the molecule is Cc1ccc(F)cc1-n1nncc1CNC(C)C. The van der Waals surface area contributed by atoms with Crippen molar-refractivity contribution in [3.63, 3.8) is 0 Å². The maximum atomic E-state index is 13.3. The molecular formula is C13H17FN4. The lowest BCUT2D eigenvalue weighted by atomic mass is 10.2. The molecule has 0 spiro atoms. The maximum absolute atomic E-state index is 13.3. The van der Waals surface area contributed by atoms with Crippen molar-refractivity contribution < 1.29 is 4.39 Å². The van der Waals surface area contributed by atoms with Crippen LogP contribution in [0.3, 0.4) is 0 Å². The monoisotopic (exact) mass is 248 g/mol. The molecule has 0 amide bonds. The number of hydrogen-bond acceptors (Lipinski definition) is 3. The second kappa shape index (κ2) is 5.27. The molecule has 0 radical (unpaired) electrons. The Morgan fingerprint density at radius 1 is 1.39 bits per heavy atom. The quantitative estimate of drug-likeness (QED) is 0.902. The topological polar surface area (TPSA) is 42.7 Å². The predicted octanol–water partition coefficient (Wildman–Crippen LogP) is 2.21. The standard InChI is InChI=1S/C13H17FN4/c1-9(2)15-7-12-8-16-17-18(12)13-6-11(14)5-4-10(13)3/h4-6,8-9,15H,7H2,1-3H3. The Morgan fingerprint density at radius 2 is 2.17 bits per heavy atom. The van der Waals surface area contributed by atoms with Crippen LogP contribution in [0.2, 0.25) is 0 Å². The van der Waals surface area contributed by atoms with Crippen molar-refractivity contribution >= 4 is 0 Å². The van der Waals surface area contributed by atoms with Gasteiger partial charge in [-0.3, -0.25) is 0 Å². The fourth-order valence-electron chi connectivity index (χ4n) is 1.70. The van der Waals surface area contributed by atoms with Gasteiger partial charge >= 0.3 is 0 Å². The smallest absolute Gasteiger partial charge is 0.125 e. The maximum Gasteiger partial charge on any atom is 0.125 e. The number of halogens is 1. The normalized spacial score (nSPS) is 11.2. The molecule has 96 valence electrons. The fraction of sp³-hybridized carbons (Fsp3) is 0.385. The average molecular weight is 248 g/mol. The number of aromatic nitrogens is 3. The number of aryl methyl sites for hydroxylation is 1. The van der Waals surface area contributed by atoms with E-state index in [0.29, 0.717) is 12.6 Å². The summed E-state index contributed by atoms with van der Waals surface area (Å²) in [5.41, 5.74) is 2.61. The zero-order valence-corrected chi connectivity index (χ0v) is 10.8. The second-order valence-electron chi connectivity index (χ2n) is 4.60. The van der Waals surface area contributed by atoms with Crippen molar-refractivity contribution in [1.82, 2.24) is 20.3 Å². The fourth-order valence-corrected chi connectivity index (χ4v) is 1.70. The van der Waals surface area contributed by atoms with Crippen LogP contribution < -0.4 is 5.32 Å². The lowest BCUT2D eigenvalue weighted by Crippen LogP contribution is -2.23. The van der Waals surface area contributed by atoms with Crippen LogP contribution in [-0.2, 0) is 6.54 Å². The molecule has 18 heavy (non-hydrogen) atoms. The van der Waals surface area contributed by atoms with Crippen LogP contribution in [0.1, 0.15) is 25.1 Å². The molecule has 0 bridgehead atoms. The molecule has 0 atom stereocenters. The molecule has 1 aromatic carbocycles. The molecule has 1 heterocycles. The van der Waals surface area contributed by atoms with E-state index in [0.717, 1.165) is 16.9 Å². The molecule has 0 aliphatic carbocycles. The Morgan fingerprint density at radius 3 is 2.89 bits per heavy atom. The molecular weight excluding hydrogens is 231 g/mol. The van der Waals surface area contributed by atoms with Gasteiger partial charge in [-0.15, -0.1) is 5.10 Å². The van der Waals surface area contributed by atoms with Gasteiger partial charge in [-0.25, -0.2) is 9.07 Å². The van der Waals surface area contributed by atoms with E-state index in [1.165, 1.54) is 12.1 Å². The van der Waals surface area contributed by atoms with Gasteiger partial charge in [0, 0.05) is 12.6 Å².